The largest absolute Gasteiger partial charge is 0.495 e. The molecule has 82 valence electrons. The van der Waals surface area contributed by atoms with Crippen LogP contribution in [-0.4, -0.2) is 12.1 Å². The van der Waals surface area contributed by atoms with Crippen molar-refractivity contribution in [2.24, 2.45) is 0 Å². The van der Waals surface area contributed by atoms with Gasteiger partial charge in [0.15, 0.2) is 0 Å². The summed E-state index contributed by atoms with van der Waals surface area (Å²) in [6.07, 6.45) is 3.49. The van der Waals surface area contributed by atoms with Crippen LogP contribution in [0.2, 0.25) is 0 Å². The number of hydrogen-bond donors (Lipinski definition) is 1. The predicted molar refractivity (Wildman–Crippen MR) is 68.2 cm³/mol. The highest BCUT2D eigenvalue weighted by atomic mass is 79.9. The number of nitrogens with one attached hydrogen (secondary N) is 1. The van der Waals surface area contributed by atoms with Gasteiger partial charge in [0.2, 0.25) is 0 Å². The number of ether oxygens (including phenoxy) is 1. The van der Waals surface area contributed by atoms with Gasteiger partial charge in [0.1, 0.15) is 5.75 Å². The first-order valence-electron chi connectivity index (χ1n) is 4.81. The molecular formula is C12H11BrN2O. The molecule has 1 N–H and O–H groups in total. The Labute approximate surface area is 103 Å². The first-order valence-corrected chi connectivity index (χ1v) is 5.60. The molecule has 0 atom stereocenters. The van der Waals surface area contributed by atoms with E-state index in [2.05, 4.69) is 26.2 Å². The van der Waals surface area contributed by atoms with Gasteiger partial charge in [-0.1, -0.05) is 12.1 Å². The van der Waals surface area contributed by atoms with Crippen LogP contribution in [0, 0.1) is 0 Å². The second kappa shape index (κ2) is 4.99. The van der Waals surface area contributed by atoms with Crippen LogP contribution in [0.1, 0.15) is 0 Å². The highest BCUT2D eigenvalue weighted by Gasteiger charge is 2.03. The number of methoxy groups -OCH3 is 1. The maximum Gasteiger partial charge on any atom is 0.142 e. The van der Waals surface area contributed by atoms with Crippen molar-refractivity contribution in [2.45, 2.75) is 0 Å². The Kier molecular flexibility index (Phi) is 3.41. The fourth-order valence-electron chi connectivity index (χ4n) is 1.37. The van der Waals surface area contributed by atoms with Crippen LogP contribution >= 0.6 is 15.9 Å². The van der Waals surface area contributed by atoms with E-state index >= 15 is 0 Å². The quantitative estimate of drug-likeness (QED) is 0.932. The summed E-state index contributed by atoms with van der Waals surface area (Å²) >= 11 is 3.43. The molecule has 0 aliphatic carbocycles. The Bertz CT molecular complexity index is 488. The highest BCUT2D eigenvalue weighted by Crippen LogP contribution is 2.30. The lowest BCUT2D eigenvalue weighted by molar-refractivity contribution is 0.417. The molecule has 2 aromatic rings. The minimum atomic E-state index is 0.811. The fourth-order valence-corrected chi connectivity index (χ4v) is 1.72. The number of aromatic nitrogens is 1. The van der Waals surface area contributed by atoms with E-state index in [-0.39, 0.29) is 0 Å². The summed E-state index contributed by atoms with van der Waals surface area (Å²) in [6, 6.07) is 9.67. The van der Waals surface area contributed by atoms with Crippen LogP contribution in [-0.2, 0) is 0 Å². The SMILES string of the molecule is COc1ccccc1Nc1ccncc1Br. The van der Waals surface area contributed by atoms with Gasteiger partial charge in [0.05, 0.1) is 23.0 Å². The standard InChI is InChI=1S/C12H11BrN2O/c1-16-12-5-3-2-4-11(12)15-10-6-7-14-8-9(10)13/h2-8H,1H3,(H,14,15). The number of halogens is 1. The fraction of sp³-hybridized carbons (Fsp3) is 0.0833. The first kappa shape index (κ1) is 11.0. The zero-order chi connectivity index (χ0) is 11.4. The molecule has 0 radical (unpaired) electrons. The number of hydrogen-bond acceptors (Lipinski definition) is 3. The Morgan fingerprint density at radius 1 is 1.19 bits per heavy atom. The number of pyridine rings is 1. The molecule has 0 aliphatic heterocycles. The van der Waals surface area contributed by atoms with Gasteiger partial charge >= 0.3 is 0 Å². The van der Waals surface area contributed by atoms with Crippen molar-refractivity contribution in [3.05, 3.63) is 47.2 Å². The number of nitrogens with zero attached hydrogens (tertiary/aromatic N) is 1. The van der Waals surface area contributed by atoms with Crippen molar-refractivity contribution in [3.8, 4) is 5.75 Å². The summed E-state index contributed by atoms with van der Waals surface area (Å²) in [4.78, 5) is 4.01. The van der Waals surface area contributed by atoms with E-state index in [1.807, 2.05) is 30.3 Å². The van der Waals surface area contributed by atoms with Gasteiger partial charge in [-0.2, -0.15) is 0 Å². The van der Waals surface area contributed by atoms with Crippen LogP contribution in [0.15, 0.2) is 47.2 Å². The molecule has 0 saturated carbocycles. The molecule has 0 bridgehead atoms. The third-order valence-electron chi connectivity index (χ3n) is 2.15. The summed E-state index contributed by atoms with van der Waals surface area (Å²) in [5.41, 5.74) is 1.89. The molecule has 0 saturated heterocycles. The van der Waals surface area contributed by atoms with Gasteiger partial charge in [-0.25, -0.2) is 0 Å². The van der Waals surface area contributed by atoms with E-state index in [0.29, 0.717) is 0 Å². The molecule has 0 amide bonds. The van der Waals surface area contributed by atoms with Gasteiger partial charge in [0, 0.05) is 12.4 Å². The van der Waals surface area contributed by atoms with E-state index in [4.69, 9.17) is 4.74 Å². The molecule has 0 aliphatic rings. The second-order valence-electron chi connectivity index (χ2n) is 3.18. The monoisotopic (exact) mass is 278 g/mol. The number of anilines is 2. The third kappa shape index (κ3) is 2.33. The number of rotatable bonds is 3. The van der Waals surface area contributed by atoms with Gasteiger partial charge in [0.25, 0.3) is 0 Å². The maximum atomic E-state index is 5.26. The smallest absolute Gasteiger partial charge is 0.142 e. The summed E-state index contributed by atoms with van der Waals surface area (Å²) in [7, 11) is 1.65. The van der Waals surface area contributed by atoms with Crippen molar-refractivity contribution in [3.63, 3.8) is 0 Å². The summed E-state index contributed by atoms with van der Waals surface area (Å²) in [5.74, 6) is 0.811. The maximum absolute atomic E-state index is 5.26. The topological polar surface area (TPSA) is 34.1 Å². The lowest BCUT2D eigenvalue weighted by Crippen LogP contribution is -1.95. The zero-order valence-corrected chi connectivity index (χ0v) is 10.4. The van der Waals surface area contributed by atoms with Crippen molar-refractivity contribution in [1.29, 1.82) is 0 Å². The Hall–Kier alpha value is -1.55. The van der Waals surface area contributed by atoms with Gasteiger partial charge in [-0.15, -0.1) is 0 Å². The van der Waals surface area contributed by atoms with Crippen molar-refractivity contribution >= 4 is 27.3 Å². The minimum absolute atomic E-state index is 0.811. The molecule has 1 aromatic carbocycles. The molecule has 4 heteroatoms. The average Bonchev–Trinajstić information content (AvgIpc) is 2.33. The lowest BCUT2D eigenvalue weighted by Gasteiger charge is -2.11. The van der Waals surface area contributed by atoms with Crippen LogP contribution in [0.5, 0.6) is 5.75 Å². The van der Waals surface area contributed by atoms with Crippen LogP contribution in [0.25, 0.3) is 0 Å². The van der Waals surface area contributed by atoms with Gasteiger partial charge in [-0.3, -0.25) is 4.98 Å². The summed E-state index contributed by atoms with van der Waals surface area (Å²) in [6.45, 7) is 0. The van der Waals surface area contributed by atoms with Crippen molar-refractivity contribution in [2.75, 3.05) is 12.4 Å². The van der Waals surface area contributed by atoms with E-state index in [9.17, 15) is 0 Å². The molecule has 3 nitrogen and oxygen atoms in total. The summed E-state index contributed by atoms with van der Waals surface area (Å²) < 4.78 is 6.18. The van der Waals surface area contributed by atoms with Gasteiger partial charge in [-0.05, 0) is 34.1 Å². The molecule has 0 fully saturated rings. The Balaban J connectivity index is 2.30. The van der Waals surface area contributed by atoms with Crippen LogP contribution in [0.3, 0.4) is 0 Å². The average molecular weight is 279 g/mol. The highest BCUT2D eigenvalue weighted by molar-refractivity contribution is 9.10. The van der Waals surface area contributed by atoms with Gasteiger partial charge < -0.3 is 10.1 Å². The van der Waals surface area contributed by atoms with Crippen LogP contribution < -0.4 is 10.1 Å². The summed E-state index contributed by atoms with van der Waals surface area (Å²) in [5, 5.41) is 3.28. The first-order chi connectivity index (χ1) is 7.81. The molecule has 16 heavy (non-hydrogen) atoms. The molecular weight excluding hydrogens is 268 g/mol. The molecule has 1 aromatic heterocycles. The Morgan fingerprint density at radius 3 is 2.75 bits per heavy atom. The van der Waals surface area contributed by atoms with Crippen LogP contribution in [0.4, 0.5) is 11.4 Å². The van der Waals surface area contributed by atoms with E-state index < -0.39 is 0 Å². The van der Waals surface area contributed by atoms with E-state index in [0.717, 1.165) is 21.6 Å². The lowest BCUT2D eigenvalue weighted by atomic mass is 10.3. The minimum Gasteiger partial charge on any atom is -0.495 e. The normalized spacial score (nSPS) is 9.88. The zero-order valence-electron chi connectivity index (χ0n) is 8.77. The van der Waals surface area contributed by atoms with E-state index in [1.54, 1.807) is 19.5 Å². The van der Waals surface area contributed by atoms with Crippen molar-refractivity contribution in [1.82, 2.24) is 4.98 Å². The predicted octanol–water partition coefficient (Wildman–Crippen LogP) is 3.60. The number of para-hydroxylation sites is 2. The van der Waals surface area contributed by atoms with Crippen molar-refractivity contribution < 1.29 is 4.74 Å². The molecule has 1 heterocycles. The second-order valence-corrected chi connectivity index (χ2v) is 4.04. The van der Waals surface area contributed by atoms with E-state index in [1.165, 1.54) is 0 Å². The molecule has 0 spiro atoms. The number of benzene rings is 1. The third-order valence-corrected chi connectivity index (χ3v) is 2.78. The molecule has 0 unspecified atom stereocenters. The molecule has 2 rings (SSSR count). The Morgan fingerprint density at radius 2 is 2.00 bits per heavy atom.